The van der Waals surface area contributed by atoms with E-state index in [0.717, 1.165) is 25.6 Å². The molecule has 0 fully saturated rings. The maximum atomic E-state index is 12.4. The fourth-order valence-electron chi connectivity index (χ4n) is 4.39. The van der Waals surface area contributed by atoms with Crippen molar-refractivity contribution in [2.45, 2.75) is 6.92 Å². The van der Waals surface area contributed by atoms with E-state index in [2.05, 4.69) is 42.5 Å². The molecule has 47 heavy (non-hydrogen) atoms. The lowest BCUT2D eigenvalue weighted by Crippen LogP contribution is -2.13. The number of aryl methyl sites for hydroxylation is 1. The van der Waals surface area contributed by atoms with E-state index in [1.165, 1.54) is 45.3 Å². The average Bonchev–Trinajstić information content (AvgIpc) is 3.85. The molecule has 14 heteroatoms. The number of carbonyl (C=O) groups excluding carboxylic acids is 2. The number of carbonyl (C=O) groups is 4. The Balaban J connectivity index is 0.000000185. The molecule has 4 N–H and O–H groups in total. The van der Waals surface area contributed by atoms with Gasteiger partial charge in [-0.05, 0) is 47.5 Å². The van der Waals surface area contributed by atoms with Crippen molar-refractivity contribution in [1.82, 2.24) is 0 Å². The number of carboxylic acid groups (broad SMARTS) is 2. The Hall–Kier alpha value is -3.92. The number of anilines is 2. The van der Waals surface area contributed by atoms with Crippen LogP contribution in [0, 0.1) is 6.92 Å². The molecule has 0 unspecified atom stereocenters. The van der Waals surface area contributed by atoms with Gasteiger partial charge in [0.05, 0.1) is 30.9 Å². The molecule has 6 aromatic rings. The van der Waals surface area contributed by atoms with Crippen LogP contribution in [0.5, 0.6) is 0 Å². The fourth-order valence-corrected chi connectivity index (χ4v) is 9.12. The zero-order chi connectivity index (χ0) is 33.7. The first kappa shape index (κ1) is 34.4. The monoisotopic (exact) mass is 828 g/mol. The molecule has 2 amide bonds. The van der Waals surface area contributed by atoms with E-state index >= 15 is 0 Å². The van der Waals surface area contributed by atoms with Gasteiger partial charge in [0.1, 0.15) is 11.1 Å². The topological polar surface area (TPSA) is 133 Å². The third kappa shape index (κ3) is 7.80. The lowest BCUT2D eigenvalue weighted by atomic mass is 10.1. The van der Waals surface area contributed by atoms with Crippen molar-refractivity contribution in [2.75, 3.05) is 10.6 Å². The van der Waals surface area contributed by atoms with Gasteiger partial charge in [-0.1, -0.05) is 74.3 Å². The van der Waals surface area contributed by atoms with Gasteiger partial charge in [0.2, 0.25) is 0 Å². The Morgan fingerprint density at radius 1 is 0.617 bits per heavy atom. The number of thiophene rings is 4. The van der Waals surface area contributed by atoms with Gasteiger partial charge in [-0.25, -0.2) is 9.59 Å². The molecule has 0 aliphatic heterocycles. The third-order valence-corrected chi connectivity index (χ3v) is 11.8. The molecule has 0 saturated heterocycles. The molecular formula is C33H22Br2N2O6S4. The van der Waals surface area contributed by atoms with Crippen LogP contribution in [0.3, 0.4) is 0 Å². The molecule has 0 radical (unpaired) electrons. The number of benzene rings is 2. The Bertz CT molecular complexity index is 2100. The minimum Gasteiger partial charge on any atom is -0.478 e. The number of nitrogens with one attached hydrogen (secondary N) is 2. The normalized spacial score (nSPS) is 10.5. The Kier molecular flexibility index (Phi) is 11.2. The molecule has 8 nitrogen and oxygen atoms in total. The summed E-state index contributed by atoms with van der Waals surface area (Å²) in [5.74, 6) is -2.74. The molecule has 0 bridgehead atoms. The van der Waals surface area contributed by atoms with Crippen LogP contribution in [-0.2, 0) is 0 Å². The van der Waals surface area contributed by atoms with Crippen LogP contribution in [0.4, 0.5) is 11.4 Å². The largest absolute Gasteiger partial charge is 0.478 e. The summed E-state index contributed by atoms with van der Waals surface area (Å²) in [6.45, 7) is 1.85. The van der Waals surface area contributed by atoms with Crippen molar-refractivity contribution in [2.24, 2.45) is 0 Å². The highest BCUT2D eigenvalue weighted by Crippen LogP contribution is 2.41. The first-order valence-corrected chi connectivity index (χ1v) is 18.6. The van der Waals surface area contributed by atoms with Crippen molar-refractivity contribution in [1.29, 1.82) is 0 Å². The molecule has 0 aliphatic carbocycles. The second-order valence-electron chi connectivity index (χ2n) is 9.60. The van der Waals surface area contributed by atoms with E-state index in [0.29, 0.717) is 30.9 Å². The molecule has 0 aliphatic rings. The summed E-state index contributed by atoms with van der Waals surface area (Å²) in [7, 11) is 0. The SMILES string of the molecule is Cc1ccsc1C(=O)Nc1csc(-c2ccccc2Br)c1C(=O)O.O=C(Nc1csc(-c2ccccc2Br)c1C(=O)O)c1cccs1. The summed E-state index contributed by atoms with van der Waals surface area (Å²) in [6, 6.07) is 20.1. The predicted octanol–water partition coefficient (Wildman–Crippen LogP) is 10.7. The van der Waals surface area contributed by atoms with Crippen LogP contribution in [0.1, 0.15) is 45.6 Å². The minimum atomic E-state index is -1.07. The van der Waals surface area contributed by atoms with Crippen molar-refractivity contribution in [3.63, 3.8) is 0 Å². The molecule has 2 aromatic carbocycles. The average molecular weight is 831 g/mol. The highest BCUT2D eigenvalue weighted by molar-refractivity contribution is 9.11. The summed E-state index contributed by atoms with van der Waals surface area (Å²) >= 11 is 12.1. The van der Waals surface area contributed by atoms with Crippen LogP contribution in [0.2, 0.25) is 0 Å². The molecule has 4 heterocycles. The number of hydrogen-bond donors (Lipinski definition) is 4. The van der Waals surface area contributed by atoms with Gasteiger partial charge in [0, 0.05) is 30.8 Å². The second-order valence-corrected chi connectivity index (χ2v) is 14.9. The van der Waals surface area contributed by atoms with Crippen LogP contribution in [0.25, 0.3) is 20.9 Å². The number of aromatic carboxylic acids is 2. The van der Waals surface area contributed by atoms with E-state index in [4.69, 9.17) is 0 Å². The lowest BCUT2D eigenvalue weighted by molar-refractivity contribution is 0.0688. The highest BCUT2D eigenvalue weighted by Gasteiger charge is 2.24. The van der Waals surface area contributed by atoms with Crippen LogP contribution < -0.4 is 10.6 Å². The highest BCUT2D eigenvalue weighted by atomic mass is 79.9. The first-order valence-electron chi connectivity index (χ1n) is 13.5. The number of hydrogen-bond acceptors (Lipinski definition) is 8. The fraction of sp³-hybridized carbons (Fsp3) is 0.0303. The van der Waals surface area contributed by atoms with Gasteiger partial charge in [-0.2, -0.15) is 0 Å². The van der Waals surface area contributed by atoms with Gasteiger partial charge >= 0.3 is 11.9 Å². The standard InChI is InChI=1S/C17H12BrNO3S2.C16H10BrNO3S2/c1-9-6-7-23-14(9)16(20)19-12-8-24-15(13(12)17(21)22)10-4-2-3-5-11(10)18;17-10-5-2-1-4-9(10)14-13(16(20)21)11(8-23-14)18-15(19)12-6-3-7-22-12/h2-8H,1H3,(H,19,20)(H,21,22);1-8H,(H,18,19)(H,20,21). The maximum Gasteiger partial charge on any atom is 0.339 e. The Labute approximate surface area is 301 Å². The Morgan fingerprint density at radius 3 is 1.55 bits per heavy atom. The van der Waals surface area contributed by atoms with E-state index in [1.807, 2.05) is 66.9 Å². The number of amides is 2. The zero-order valence-corrected chi connectivity index (χ0v) is 30.5. The van der Waals surface area contributed by atoms with E-state index in [-0.39, 0.29) is 22.9 Å². The van der Waals surface area contributed by atoms with Crippen molar-refractivity contribution < 1.29 is 29.4 Å². The lowest BCUT2D eigenvalue weighted by Gasteiger charge is -2.07. The van der Waals surface area contributed by atoms with Gasteiger partial charge in [0.15, 0.2) is 0 Å². The molecule has 4 aromatic heterocycles. The van der Waals surface area contributed by atoms with Crippen molar-refractivity contribution >= 4 is 112 Å². The number of carboxylic acids is 2. The summed E-state index contributed by atoms with van der Waals surface area (Å²) in [4.78, 5) is 50.3. The third-order valence-electron chi connectivity index (χ3n) is 6.56. The van der Waals surface area contributed by atoms with Crippen molar-refractivity contribution in [3.05, 3.63) is 124 Å². The van der Waals surface area contributed by atoms with Gasteiger partial charge in [-0.15, -0.1) is 45.3 Å². The summed E-state index contributed by atoms with van der Waals surface area (Å²) in [6.07, 6.45) is 0. The summed E-state index contributed by atoms with van der Waals surface area (Å²) < 4.78 is 1.61. The second kappa shape index (κ2) is 15.3. The molecule has 0 spiro atoms. The van der Waals surface area contributed by atoms with Crippen LogP contribution in [-0.4, -0.2) is 34.0 Å². The van der Waals surface area contributed by atoms with Gasteiger partial charge in [0.25, 0.3) is 11.8 Å². The van der Waals surface area contributed by atoms with Gasteiger partial charge in [-0.3, -0.25) is 9.59 Å². The maximum absolute atomic E-state index is 12.4. The smallest absolute Gasteiger partial charge is 0.339 e. The minimum absolute atomic E-state index is 0.104. The van der Waals surface area contributed by atoms with Crippen LogP contribution >= 0.6 is 77.2 Å². The van der Waals surface area contributed by atoms with E-state index < -0.39 is 11.9 Å². The molecule has 0 saturated carbocycles. The van der Waals surface area contributed by atoms with E-state index in [1.54, 1.807) is 28.3 Å². The first-order chi connectivity index (χ1) is 22.6. The van der Waals surface area contributed by atoms with Crippen molar-refractivity contribution in [3.8, 4) is 20.9 Å². The molecule has 238 valence electrons. The Morgan fingerprint density at radius 2 is 1.13 bits per heavy atom. The summed E-state index contributed by atoms with van der Waals surface area (Å²) in [5, 5.41) is 31.6. The van der Waals surface area contributed by atoms with Crippen LogP contribution in [0.15, 0.2) is 97.2 Å². The van der Waals surface area contributed by atoms with Gasteiger partial charge < -0.3 is 20.8 Å². The number of halogens is 2. The van der Waals surface area contributed by atoms with E-state index in [9.17, 15) is 29.4 Å². The quantitative estimate of drug-likeness (QED) is 0.121. The summed E-state index contributed by atoms with van der Waals surface area (Å²) in [5.41, 5.74) is 3.28. The number of rotatable bonds is 8. The molecule has 0 atom stereocenters. The molecule has 6 rings (SSSR count). The predicted molar refractivity (Wildman–Crippen MR) is 198 cm³/mol. The molecular weight excluding hydrogens is 808 g/mol. The zero-order valence-electron chi connectivity index (χ0n) is 24.1.